The Labute approximate surface area is 149 Å². The number of aromatic nitrogens is 1. The lowest BCUT2D eigenvalue weighted by Crippen LogP contribution is -2.34. The first-order chi connectivity index (χ1) is 12.4. The van der Waals surface area contributed by atoms with Gasteiger partial charge in [-0.2, -0.15) is 0 Å². The second-order valence-corrected chi connectivity index (χ2v) is 5.89. The van der Waals surface area contributed by atoms with Crippen LogP contribution in [-0.4, -0.2) is 50.8 Å². The van der Waals surface area contributed by atoms with Crippen molar-refractivity contribution in [2.24, 2.45) is 0 Å². The van der Waals surface area contributed by atoms with Crippen LogP contribution in [0.25, 0.3) is 10.9 Å². The quantitative estimate of drug-likeness (QED) is 0.269. The molecule has 1 unspecified atom stereocenters. The maximum atomic E-state index is 11.5. The van der Waals surface area contributed by atoms with E-state index in [0.717, 1.165) is 36.7 Å². The van der Waals surface area contributed by atoms with E-state index in [1.807, 2.05) is 12.1 Å². The molecule has 1 heterocycles. The lowest BCUT2D eigenvalue weighted by atomic mass is 9.91. The monoisotopic (exact) mass is 363 g/mol. The zero-order valence-electron chi connectivity index (χ0n) is 14.2. The normalized spacial score (nSPS) is 15.5. The molecule has 9 nitrogen and oxygen atoms in total. The van der Waals surface area contributed by atoms with Crippen LogP contribution < -0.4 is 10.8 Å². The Bertz CT molecular complexity index is 817. The van der Waals surface area contributed by atoms with Crippen LogP contribution in [0.1, 0.15) is 35.0 Å². The molecule has 0 bridgehead atoms. The predicted molar refractivity (Wildman–Crippen MR) is 92.3 cm³/mol. The van der Waals surface area contributed by atoms with Gasteiger partial charge in [-0.3, -0.25) is 10.0 Å². The summed E-state index contributed by atoms with van der Waals surface area (Å²) in [5.74, 6) is -4.12. The van der Waals surface area contributed by atoms with Gasteiger partial charge < -0.3 is 20.5 Å². The van der Waals surface area contributed by atoms with Crippen LogP contribution in [0.4, 0.5) is 0 Å². The average molecular weight is 363 g/mol. The van der Waals surface area contributed by atoms with E-state index in [1.165, 1.54) is 11.3 Å². The molecule has 0 radical (unpaired) electrons. The van der Waals surface area contributed by atoms with Crippen molar-refractivity contribution in [1.29, 1.82) is 0 Å². The molecule has 1 atom stereocenters. The predicted octanol–water partition coefficient (Wildman–Crippen LogP) is 0.909. The Balaban J connectivity index is 0.000000352. The number of hydrogen-bond donors (Lipinski definition) is 6. The Hall–Kier alpha value is -2.91. The van der Waals surface area contributed by atoms with Crippen LogP contribution in [0, 0.1) is 0 Å². The highest BCUT2D eigenvalue weighted by Crippen LogP contribution is 2.30. The molecule has 3 rings (SSSR count). The highest BCUT2D eigenvalue weighted by atomic mass is 16.5. The van der Waals surface area contributed by atoms with Crippen LogP contribution in [0.15, 0.2) is 18.2 Å². The van der Waals surface area contributed by atoms with Crippen molar-refractivity contribution in [2.75, 3.05) is 6.54 Å². The van der Waals surface area contributed by atoms with Crippen molar-refractivity contribution in [1.82, 2.24) is 15.8 Å². The van der Waals surface area contributed by atoms with Gasteiger partial charge in [0, 0.05) is 28.2 Å². The molecule has 26 heavy (non-hydrogen) atoms. The molecule has 1 aromatic carbocycles. The minimum atomic E-state index is -1.82. The number of carbonyl (C=O) groups excluding carboxylic acids is 1. The number of aliphatic carboxylic acids is 2. The number of aromatic amines is 1. The summed E-state index contributed by atoms with van der Waals surface area (Å²) in [5, 5.41) is 28.1. The minimum absolute atomic E-state index is 0.471. The van der Waals surface area contributed by atoms with E-state index in [4.69, 9.17) is 25.0 Å². The molecule has 1 aromatic heterocycles. The van der Waals surface area contributed by atoms with E-state index in [1.54, 1.807) is 11.5 Å². The SMILES string of the molecule is CCNC1CCc2[nH]c3ccc(C(=O)NO)cc3c2C1.O=C(O)C(=O)O. The fraction of sp³-hybridized carbons (Fsp3) is 0.353. The lowest BCUT2D eigenvalue weighted by Gasteiger charge is -2.23. The first-order valence-corrected chi connectivity index (χ1v) is 8.14. The third-order valence-corrected chi connectivity index (χ3v) is 4.23. The zero-order chi connectivity index (χ0) is 19.3. The number of H-pyrrole nitrogens is 1. The van der Waals surface area contributed by atoms with Gasteiger partial charge >= 0.3 is 11.9 Å². The molecular formula is C17H21N3O6. The van der Waals surface area contributed by atoms with E-state index in [-0.39, 0.29) is 0 Å². The standard InChI is InChI=1S/C15H19N3O2.C2H2O4/c1-2-16-10-4-6-14-12(8-10)11-7-9(15(19)18-20)3-5-13(11)17-14;3-1(4)2(5)6/h3,5,7,10,16-17,20H,2,4,6,8H2,1H3,(H,18,19);(H,3,4)(H,5,6). The topological polar surface area (TPSA) is 152 Å². The molecule has 1 aliphatic rings. The highest BCUT2D eigenvalue weighted by Gasteiger charge is 2.22. The van der Waals surface area contributed by atoms with Crippen LogP contribution in [0.3, 0.4) is 0 Å². The summed E-state index contributed by atoms with van der Waals surface area (Å²) in [6, 6.07) is 5.98. The van der Waals surface area contributed by atoms with Gasteiger partial charge in [0.15, 0.2) is 0 Å². The molecule has 0 saturated carbocycles. The van der Waals surface area contributed by atoms with Gasteiger partial charge in [0.25, 0.3) is 5.91 Å². The van der Waals surface area contributed by atoms with E-state index >= 15 is 0 Å². The first-order valence-electron chi connectivity index (χ1n) is 8.14. The van der Waals surface area contributed by atoms with Gasteiger partial charge in [0.05, 0.1) is 0 Å². The number of hydrogen-bond acceptors (Lipinski definition) is 5. The molecule has 9 heteroatoms. The van der Waals surface area contributed by atoms with Crippen molar-refractivity contribution in [3.05, 3.63) is 35.0 Å². The van der Waals surface area contributed by atoms with Gasteiger partial charge in [0.2, 0.25) is 0 Å². The van der Waals surface area contributed by atoms with Crippen LogP contribution >= 0.6 is 0 Å². The number of carboxylic acid groups (broad SMARTS) is 2. The Kier molecular flexibility index (Phi) is 6.31. The molecule has 0 spiro atoms. The summed E-state index contributed by atoms with van der Waals surface area (Å²) in [6.45, 7) is 3.09. The minimum Gasteiger partial charge on any atom is -0.473 e. The Morgan fingerprint density at radius 3 is 2.50 bits per heavy atom. The van der Waals surface area contributed by atoms with Crippen molar-refractivity contribution in [2.45, 2.75) is 32.2 Å². The number of carbonyl (C=O) groups is 3. The lowest BCUT2D eigenvalue weighted by molar-refractivity contribution is -0.159. The van der Waals surface area contributed by atoms with Crippen molar-refractivity contribution < 1.29 is 29.8 Å². The summed E-state index contributed by atoms with van der Waals surface area (Å²) in [7, 11) is 0. The number of amides is 1. The number of hydroxylamine groups is 1. The Morgan fingerprint density at radius 2 is 1.92 bits per heavy atom. The van der Waals surface area contributed by atoms with E-state index < -0.39 is 17.8 Å². The number of carboxylic acids is 2. The van der Waals surface area contributed by atoms with Crippen molar-refractivity contribution in [3.63, 3.8) is 0 Å². The number of fused-ring (bicyclic) bond motifs is 3. The number of aryl methyl sites for hydroxylation is 1. The highest BCUT2D eigenvalue weighted by molar-refractivity contribution is 6.27. The number of likely N-dealkylation sites (N-methyl/N-ethyl adjacent to an activating group) is 1. The van der Waals surface area contributed by atoms with Gasteiger partial charge in [-0.05, 0) is 49.6 Å². The Morgan fingerprint density at radius 1 is 1.23 bits per heavy atom. The molecule has 2 aromatic rings. The molecule has 1 amide bonds. The second-order valence-electron chi connectivity index (χ2n) is 5.89. The molecule has 140 valence electrons. The van der Waals surface area contributed by atoms with E-state index in [2.05, 4.69) is 17.2 Å². The molecule has 0 fully saturated rings. The first kappa shape index (κ1) is 19.4. The summed E-state index contributed by atoms with van der Waals surface area (Å²) >= 11 is 0. The van der Waals surface area contributed by atoms with Crippen LogP contribution in [0.5, 0.6) is 0 Å². The van der Waals surface area contributed by atoms with Crippen LogP contribution in [-0.2, 0) is 22.4 Å². The van der Waals surface area contributed by atoms with E-state index in [0.29, 0.717) is 11.6 Å². The van der Waals surface area contributed by atoms with Crippen molar-refractivity contribution >= 4 is 28.7 Å². The van der Waals surface area contributed by atoms with Gasteiger partial charge in [0.1, 0.15) is 0 Å². The largest absolute Gasteiger partial charge is 0.473 e. The fourth-order valence-electron chi connectivity index (χ4n) is 3.09. The molecule has 6 N–H and O–H groups in total. The molecule has 0 aliphatic heterocycles. The van der Waals surface area contributed by atoms with Crippen molar-refractivity contribution in [3.8, 4) is 0 Å². The van der Waals surface area contributed by atoms with E-state index in [9.17, 15) is 4.79 Å². The molecule has 1 aliphatic carbocycles. The molecule has 0 saturated heterocycles. The average Bonchev–Trinajstić information content (AvgIpc) is 2.99. The number of rotatable bonds is 3. The zero-order valence-corrected chi connectivity index (χ0v) is 14.2. The van der Waals surface area contributed by atoms with Crippen LogP contribution in [0.2, 0.25) is 0 Å². The van der Waals surface area contributed by atoms with Gasteiger partial charge in [-0.25, -0.2) is 15.1 Å². The fourth-order valence-corrected chi connectivity index (χ4v) is 3.09. The maximum Gasteiger partial charge on any atom is 0.414 e. The van der Waals surface area contributed by atoms with Gasteiger partial charge in [-0.15, -0.1) is 0 Å². The number of benzene rings is 1. The molecular weight excluding hydrogens is 342 g/mol. The third-order valence-electron chi connectivity index (χ3n) is 4.23. The maximum absolute atomic E-state index is 11.5. The number of nitrogens with one attached hydrogen (secondary N) is 3. The smallest absolute Gasteiger partial charge is 0.414 e. The summed E-state index contributed by atoms with van der Waals surface area (Å²) in [5.41, 5.74) is 5.79. The summed E-state index contributed by atoms with van der Waals surface area (Å²) in [6.07, 6.45) is 3.15. The summed E-state index contributed by atoms with van der Waals surface area (Å²) < 4.78 is 0. The second kappa shape index (κ2) is 8.45. The third kappa shape index (κ3) is 4.38. The summed E-state index contributed by atoms with van der Waals surface area (Å²) in [4.78, 5) is 33.2. The van der Waals surface area contributed by atoms with Gasteiger partial charge in [-0.1, -0.05) is 6.92 Å².